The van der Waals surface area contributed by atoms with Gasteiger partial charge in [-0.2, -0.15) is 4.98 Å². The number of hydrogen-bond donors (Lipinski definition) is 2. The smallest absolute Gasteiger partial charge is 0.317 e. The van der Waals surface area contributed by atoms with Crippen molar-refractivity contribution in [2.45, 2.75) is 70.4 Å². The number of likely N-dealkylation sites (tertiary alicyclic amines) is 2. The zero-order valence-corrected chi connectivity index (χ0v) is 19.1. The molecule has 1 unspecified atom stereocenters. The number of rotatable bonds is 5. The number of piperidine rings is 2. The summed E-state index contributed by atoms with van der Waals surface area (Å²) in [4.78, 5) is 28.4. The number of carbonyl (C=O) groups excluding carboxylic acids is 1. The molecule has 3 fully saturated rings. The summed E-state index contributed by atoms with van der Waals surface area (Å²) >= 11 is 0. The number of urea groups is 1. The molecular weight excluding hydrogens is 390 g/mol. The molecule has 1 aromatic rings. The van der Waals surface area contributed by atoms with Crippen molar-refractivity contribution in [2.24, 2.45) is 0 Å². The first kappa shape index (κ1) is 22.1. The topological polar surface area (TPSA) is 76.6 Å². The SMILES string of the molecule is CCNC(=O)N1CCC(N2CCCC(Nc3nccc(N4CCCCCC4)n3)C2)CC1. The van der Waals surface area contributed by atoms with Gasteiger partial charge in [-0.15, -0.1) is 0 Å². The molecule has 172 valence electrons. The van der Waals surface area contributed by atoms with Gasteiger partial charge in [0.2, 0.25) is 5.95 Å². The van der Waals surface area contributed by atoms with Crippen LogP contribution in [0.5, 0.6) is 0 Å². The van der Waals surface area contributed by atoms with Crippen LogP contribution in [0, 0.1) is 0 Å². The molecule has 2 N–H and O–H groups in total. The lowest BCUT2D eigenvalue weighted by atomic mass is 9.98. The molecule has 3 aliphatic rings. The Hall–Kier alpha value is -2.09. The van der Waals surface area contributed by atoms with Gasteiger partial charge in [-0.3, -0.25) is 4.90 Å². The van der Waals surface area contributed by atoms with E-state index < -0.39 is 0 Å². The van der Waals surface area contributed by atoms with Gasteiger partial charge in [0.1, 0.15) is 5.82 Å². The lowest BCUT2D eigenvalue weighted by molar-refractivity contribution is 0.0969. The predicted octanol–water partition coefficient (Wildman–Crippen LogP) is 2.93. The molecule has 3 aliphatic heterocycles. The third-order valence-corrected chi connectivity index (χ3v) is 6.95. The fourth-order valence-corrected chi connectivity index (χ4v) is 5.23. The maximum absolute atomic E-state index is 12.1. The van der Waals surface area contributed by atoms with Crippen LogP contribution in [0.15, 0.2) is 12.3 Å². The van der Waals surface area contributed by atoms with Crippen LogP contribution in [0.4, 0.5) is 16.6 Å². The van der Waals surface area contributed by atoms with E-state index in [0.717, 1.165) is 70.3 Å². The van der Waals surface area contributed by atoms with Crippen LogP contribution in [-0.4, -0.2) is 83.7 Å². The summed E-state index contributed by atoms with van der Waals surface area (Å²) in [6, 6.07) is 3.08. The lowest BCUT2D eigenvalue weighted by Crippen LogP contribution is -2.53. The minimum Gasteiger partial charge on any atom is -0.356 e. The first-order valence-electron chi connectivity index (χ1n) is 12.3. The van der Waals surface area contributed by atoms with Crippen molar-refractivity contribution < 1.29 is 4.79 Å². The minimum atomic E-state index is 0.0839. The van der Waals surface area contributed by atoms with Gasteiger partial charge >= 0.3 is 6.03 Å². The highest BCUT2D eigenvalue weighted by atomic mass is 16.2. The quantitative estimate of drug-likeness (QED) is 0.750. The molecule has 0 bridgehead atoms. The number of hydrogen-bond acceptors (Lipinski definition) is 6. The Morgan fingerprint density at radius 1 is 1.03 bits per heavy atom. The second kappa shape index (κ2) is 11.0. The summed E-state index contributed by atoms with van der Waals surface area (Å²) in [6.07, 6.45) is 11.5. The molecule has 31 heavy (non-hydrogen) atoms. The highest BCUT2D eigenvalue weighted by molar-refractivity contribution is 5.74. The second-order valence-corrected chi connectivity index (χ2v) is 9.17. The molecular formula is C23H39N7O. The molecule has 4 heterocycles. The van der Waals surface area contributed by atoms with E-state index in [4.69, 9.17) is 4.98 Å². The lowest BCUT2D eigenvalue weighted by Gasteiger charge is -2.42. The molecule has 8 nitrogen and oxygen atoms in total. The van der Waals surface area contributed by atoms with E-state index in [1.165, 1.54) is 32.1 Å². The van der Waals surface area contributed by atoms with Gasteiger partial charge in [-0.1, -0.05) is 12.8 Å². The van der Waals surface area contributed by atoms with E-state index in [0.29, 0.717) is 18.6 Å². The third-order valence-electron chi connectivity index (χ3n) is 6.95. The van der Waals surface area contributed by atoms with Gasteiger partial charge in [0.15, 0.2) is 0 Å². The van der Waals surface area contributed by atoms with Crippen LogP contribution >= 0.6 is 0 Å². The number of nitrogens with one attached hydrogen (secondary N) is 2. The highest BCUT2D eigenvalue weighted by Gasteiger charge is 2.30. The molecule has 2 amide bonds. The number of nitrogens with zero attached hydrogens (tertiary/aromatic N) is 5. The first-order chi connectivity index (χ1) is 15.2. The zero-order chi connectivity index (χ0) is 21.5. The van der Waals surface area contributed by atoms with E-state index in [1.807, 2.05) is 24.1 Å². The fraction of sp³-hybridized carbons (Fsp3) is 0.783. The van der Waals surface area contributed by atoms with Gasteiger partial charge < -0.3 is 20.4 Å². The van der Waals surface area contributed by atoms with Crippen molar-refractivity contribution in [1.29, 1.82) is 0 Å². The van der Waals surface area contributed by atoms with Crippen molar-refractivity contribution in [2.75, 3.05) is 56.0 Å². The van der Waals surface area contributed by atoms with Crippen molar-refractivity contribution >= 4 is 17.8 Å². The van der Waals surface area contributed by atoms with Crippen LogP contribution in [0.1, 0.15) is 58.3 Å². The molecule has 0 saturated carbocycles. The number of carbonyl (C=O) groups is 1. The summed E-state index contributed by atoms with van der Waals surface area (Å²) in [5, 5.41) is 6.55. The largest absolute Gasteiger partial charge is 0.356 e. The second-order valence-electron chi connectivity index (χ2n) is 9.17. The monoisotopic (exact) mass is 429 g/mol. The Morgan fingerprint density at radius 3 is 2.55 bits per heavy atom. The molecule has 0 radical (unpaired) electrons. The Bertz CT molecular complexity index is 699. The van der Waals surface area contributed by atoms with Crippen LogP contribution in [0.3, 0.4) is 0 Å². The average Bonchev–Trinajstić information content (AvgIpc) is 3.09. The van der Waals surface area contributed by atoms with Crippen LogP contribution in [0.2, 0.25) is 0 Å². The molecule has 1 atom stereocenters. The molecule has 4 rings (SSSR count). The standard InChI is InChI=1S/C23H39N7O/c1-2-24-23(31)29-16-10-20(11-17-29)30-15-7-8-19(18-30)26-22-25-12-9-21(27-22)28-13-5-3-4-6-14-28/h9,12,19-20H,2-8,10-11,13-18H2,1H3,(H,24,31)(H,25,26,27). The van der Waals surface area contributed by atoms with Crippen molar-refractivity contribution in [3.05, 3.63) is 12.3 Å². The summed E-state index contributed by atoms with van der Waals surface area (Å²) in [7, 11) is 0. The maximum atomic E-state index is 12.1. The molecule has 0 aromatic carbocycles. The normalized spacial score (nSPS) is 24.0. The van der Waals surface area contributed by atoms with E-state index in [9.17, 15) is 4.79 Å². The number of amides is 2. The van der Waals surface area contributed by atoms with Crippen molar-refractivity contribution in [3.8, 4) is 0 Å². The fourth-order valence-electron chi connectivity index (χ4n) is 5.23. The summed E-state index contributed by atoms with van der Waals surface area (Å²) in [6.45, 7) is 8.75. The van der Waals surface area contributed by atoms with E-state index in [-0.39, 0.29) is 6.03 Å². The maximum Gasteiger partial charge on any atom is 0.317 e. The van der Waals surface area contributed by atoms with Gasteiger partial charge in [0.05, 0.1) is 0 Å². The first-order valence-corrected chi connectivity index (χ1v) is 12.3. The van der Waals surface area contributed by atoms with E-state index >= 15 is 0 Å². The number of anilines is 2. The zero-order valence-electron chi connectivity index (χ0n) is 19.1. The Morgan fingerprint density at radius 2 is 1.81 bits per heavy atom. The summed E-state index contributed by atoms with van der Waals surface area (Å²) in [5.41, 5.74) is 0. The van der Waals surface area contributed by atoms with Gasteiger partial charge in [0, 0.05) is 57.5 Å². The Labute approximate surface area is 186 Å². The van der Waals surface area contributed by atoms with Crippen molar-refractivity contribution in [3.63, 3.8) is 0 Å². The van der Waals surface area contributed by atoms with Gasteiger partial charge in [0.25, 0.3) is 0 Å². The minimum absolute atomic E-state index is 0.0839. The van der Waals surface area contributed by atoms with E-state index in [2.05, 4.69) is 25.4 Å². The third kappa shape index (κ3) is 5.99. The number of aromatic nitrogens is 2. The average molecular weight is 430 g/mol. The molecule has 0 spiro atoms. The summed E-state index contributed by atoms with van der Waals surface area (Å²) < 4.78 is 0. The molecule has 3 saturated heterocycles. The van der Waals surface area contributed by atoms with Crippen LogP contribution < -0.4 is 15.5 Å². The predicted molar refractivity (Wildman–Crippen MR) is 125 cm³/mol. The van der Waals surface area contributed by atoms with Crippen LogP contribution in [0.25, 0.3) is 0 Å². The molecule has 1 aromatic heterocycles. The Kier molecular flexibility index (Phi) is 7.83. The highest BCUT2D eigenvalue weighted by Crippen LogP contribution is 2.23. The Balaban J connectivity index is 1.29. The molecule has 8 heteroatoms. The van der Waals surface area contributed by atoms with Crippen molar-refractivity contribution in [1.82, 2.24) is 25.1 Å². The van der Waals surface area contributed by atoms with Gasteiger partial charge in [-0.05, 0) is 58.1 Å². The molecule has 0 aliphatic carbocycles. The van der Waals surface area contributed by atoms with E-state index in [1.54, 1.807) is 0 Å². The van der Waals surface area contributed by atoms with Gasteiger partial charge in [-0.25, -0.2) is 9.78 Å². The summed E-state index contributed by atoms with van der Waals surface area (Å²) in [5.74, 6) is 1.82. The van der Waals surface area contributed by atoms with Crippen LogP contribution in [-0.2, 0) is 0 Å².